The highest BCUT2D eigenvalue weighted by molar-refractivity contribution is 6.48. The number of carbonyl (C=O) groups is 3. The Bertz CT molecular complexity index is 1130. The SMILES string of the molecule is CCOc1ccccc1NC(=O)C(=O)c1cn(CC(=O)N2CCCC2)c2ccccc12. The molecule has 0 bridgehead atoms. The molecular formula is C24H25N3O4. The van der Waals surface area contributed by atoms with Gasteiger partial charge in [-0.1, -0.05) is 30.3 Å². The van der Waals surface area contributed by atoms with E-state index in [2.05, 4.69) is 5.32 Å². The van der Waals surface area contributed by atoms with Gasteiger partial charge in [-0.15, -0.1) is 0 Å². The molecule has 2 amide bonds. The number of benzene rings is 2. The van der Waals surface area contributed by atoms with E-state index in [0.717, 1.165) is 31.4 Å². The van der Waals surface area contributed by atoms with Gasteiger partial charge in [0.2, 0.25) is 5.91 Å². The fourth-order valence-corrected chi connectivity index (χ4v) is 3.92. The summed E-state index contributed by atoms with van der Waals surface area (Å²) in [5.41, 5.74) is 1.47. The van der Waals surface area contributed by atoms with E-state index in [9.17, 15) is 14.4 Å². The molecule has 1 N–H and O–H groups in total. The van der Waals surface area contributed by atoms with Crippen molar-refractivity contribution in [1.29, 1.82) is 0 Å². The minimum absolute atomic E-state index is 0.0207. The van der Waals surface area contributed by atoms with Crippen molar-refractivity contribution < 1.29 is 19.1 Å². The third kappa shape index (κ3) is 4.30. The van der Waals surface area contributed by atoms with Crippen molar-refractivity contribution in [1.82, 2.24) is 9.47 Å². The number of para-hydroxylation sites is 3. The quantitative estimate of drug-likeness (QED) is 0.470. The maximum absolute atomic E-state index is 13.0. The molecule has 0 unspecified atom stereocenters. The molecule has 2 heterocycles. The van der Waals surface area contributed by atoms with Gasteiger partial charge in [-0.2, -0.15) is 0 Å². The van der Waals surface area contributed by atoms with Crippen LogP contribution in [-0.4, -0.2) is 46.8 Å². The van der Waals surface area contributed by atoms with E-state index in [-0.39, 0.29) is 18.0 Å². The van der Waals surface area contributed by atoms with E-state index < -0.39 is 11.7 Å². The van der Waals surface area contributed by atoms with E-state index in [4.69, 9.17) is 4.74 Å². The van der Waals surface area contributed by atoms with Gasteiger partial charge in [-0.25, -0.2) is 0 Å². The average Bonchev–Trinajstić information content (AvgIpc) is 3.44. The summed E-state index contributed by atoms with van der Waals surface area (Å²) < 4.78 is 7.27. The summed E-state index contributed by atoms with van der Waals surface area (Å²) in [5.74, 6) is -0.882. The summed E-state index contributed by atoms with van der Waals surface area (Å²) in [4.78, 5) is 40.3. The van der Waals surface area contributed by atoms with Crippen LogP contribution in [0.3, 0.4) is 0 Å². The standard InChI is InChI=1S/C24H25N3O4/c1-2-31-21-12-6-4-10-19(21)25-24(30)23(29)18-15-27(20-11-5-3-9-17(18)20)16-22(28)26-13-7-8-14-26/h3-6,9-12,15H,2,7-8,13-14,16H2,1H3,(H,25,30). The molecule has 0 radical (unpaired) electrons. The number of likely N-dealkylation sites (tertiary alicyclic amines) is 1. The van der Waals surface area contributed by atoms with Gasteiger partial charge in [-0.3, -0.25) is 14.4 Å². The molecule has 1 aliphatic rings. The minimum Gasteiger partial charge on any atom is -0.492 e. The second-order valence-corrected chi connectivity index (χ2v) is 7.49. The first-order valence-electron chi connectivity index (χ1n) is 10.5. The first-order chi connectivity index (χ1) is 15.1. The van der Waals surface area contributed by atoms with Gasteiger partial charge in [0.05, 0.1) is 17.9 Å². The molecule has 0 spiro atoms. The zero-order valence-corrected chi connectivity index (χ0v) is 17.5. The van der Waals surface area contributed by atoms with Crippen LogP contribution in [0.15, 0.2) is 54.7 Å². The summed E-state index contributed by atoms with van der Waals surface area (Å²) in [7, 11) is 0. The van der Waals surface area contributed by atoms with Crippen molar-refractivity contribution in [3.8, 4) is 5.75 Å². The number of ketones is 1. The van der Waals surface area contributed by atoms with Crippen LogP contribution >= 0.6 is 0 Å². The number of amides is 2. The maximum atomic E-state index is 13.0. The number of aromatic nitrogens is 1. The minimum atomic E-state index is -0.749. The zero-order valence-electron chi connectivity index (χ0n) is 17.5. The summed E-state index contributed by atoms with van der Waals surface area (Å²) >= 11 is 0. The first kappa shape index (κ1) is 20.7. The normalized spacial score (nSPS) is 13.4. The fourth-order valence-electron chi connectivity index (χ4n) is 3.92. The lowest BCUT2D eigenvalue weighted by atomic mass is 10.1. The van der Waals surface area contributed by atoms with Gasteiger partial charge < -0.3 is 19.5 Å². The molecule has 0 atom stereocenters. The van der Waals surface area contributed by atoms with Gasteiger partial charge in [0.25, 0.3) is 11.7 Å². The number of fused-ring (bicyclic) bond motifs is 1. The van der Waals surface area contributed by atoms with E-state index in [1.807, 2.05) is 30.0 Å². The van der Waals surface area contributed by atoms with Crippen LogP contribution in [-0.2, 0) is 16.1 Å². The molecule has 3 aromatic rings. The molecule has 160 valence electrons. The van der Waals surface area contributed by atoms with Gasteiger partial charge >= 0.3 is 0 Å². The lowest BCUT2D eigenvalue weighted by Crippen LogP contribution is -2.30. The van der Waals surface area contributed by atoms with Crippen LogP contribution in [0, 0.1) is 0 Å². The van der Waals surface area contributed by atoms with E-state index in [1.165, 1.54) is 0 Å². The summed E-state index contributed by atoms with van der Waals surface area (Å²) in [5, 5.41) is 3.30. The van der Waals surface area contributed by atoms with Crippen molar-refractivity contribution >= 4 is 34.2 Å². The van der Waals surface area contributed by atoms with Crippen LogP contribution in [0.4, 0.5) is 5.69 Å². The van der Waals surface area contributed by atoms with Crippen molar-refractivity contribution in [3.05, 3.63) is 60.3 Å². The summed E-state index contributed by atoms with van der Waals surface area (Å²) in [6.07, 6.45) is 3.64. The Morgan fingerprint density at radius 1 is 1.00 bits per heavy atom. The molecular weight excluding hydrogens is 394 g/mol. The Hall–Kier alpha value is -3.61. The van der Waals surface area contributed by atoms with Gasteiger partial charge in [-0.05, 0) is 38.0 Å². The Labute approximate surface area is 180 Å². The maximum Gasteiger partial charge on any atom is 0.296 e. The number of nitrogens with one attached hydrogen (secondary N) is 1. The third-order valence-electron chi connectivity index (χ3n) is 5.44. The highest BCUT2D eigenvalue weighted by Gasteiger charge is 2.24. The average molecular weight is 419 g/mol. The van der Waals surface area contributed by atoms with Crippen molar-refractivity contribution in [3.63, 3.8) is 0 Å². The number of ether oxygens (including phenoxy) is 1. The predicted octanol–water partition coefficient (Wildman–Crippen LogP) is 3.48. The second kappa shape index (κ2) is 9.04. The number of rotatable bonds is 7. The van der Waals surface area contributed by atoms with Gasteiger partial charge in [0.1, 0.15) is 12.3 Å². The fraction of sp³-hybridized carbons (Fsp3) is 0.292. The highest BCUT2D eigenvalue weighted by Crippen LogP contribution is 2.26. The second-order valence-electron chi connectivity index (χ2n) is 7.49. The lowest BCUT2D eigenvalue weighted by molar-refractivity contribution is -0.130. The van der Waals surface area contributed by atoms with Crippen LogP contribution in [0.25, 0.3) is 10.9 Å². The molecule has 2 aromatic carbocycles. The molecule has 7 nitrogen and oxygen atoms in total. The first-order valence-corrected chi connectivity index (χ1v) is 10.5. The molecule has 7 heteroatoms. The molecule has 1 aromatic heterocycles. The highest BCUT2D eigenvalue weighted by atomic mass is 16.5. The van der Waals surface area contributed by atoms with Gasteiger partial charge in [0.15, 0.2) is 0 Å². The molecule has 0 saturated carbocycles. The molecule has 1 aliphatic heterocycles. The molecule has 1 fully saturated rings. The molecule has 1 saturated heterocycles. The number of anilines is 1. The van der Waals surface area contributed by atoms with Crippen LogP contribution in [0.2, 0.25) is 0 Å². The molecule has 31 heavy (non-hydrogen) atoms. The molecule has 0 aliphatic carbocycles. The van der Waals surface area contributed by atoms with E-state index in [0.29, 0.717) is 23.4 Å². The van der Waals surface area contributed by atoms with E-state index in [1.54, 1.807) is 41.1 Å². The number of hydrogen-bond acceptors (Lipinski definition) is 4. The Morgan fingerprint density at radius 3 is 2.48 bits per heavy atom. The zero-order chi connectivity index (χ0) is 21.8. The topological polar surface area (TPSA) is 80.6 Å². The largest absolute Gasteiger partial charge is 0.492 e. The Kier molecular flexibility index (Phi) is 6.02. The van der Waals surface area contributed by atoms with Gasteiger partial charge in [0, 0.05) is 30.2 Å². The lowest BCUT2D eigenvalue weighted by Gasteiger charge is -2.15. The van der Waals surface area contributed by atoms with Crippen LogP contribution in [0.1, 0.15) is 30.1 Å². The summed E-state index contributed by atoms with van der Waals surface area (Å²) in [6.45, 7) is 3.97. The predicted molar refractivity (Wildman–Crippen MR) is 118 cm³/mol. The van der Waals surface area contributed by atoms with E-state index >= 15 is 0 Å². The monoisotopic (exact) mass is 419 g/mol. The Morgan fingerprint density at radius 2 is 1.71 bits per heavy atom. The van der Waals surface area contributed by atoms with Crippen molar-refractivity contribution in [2.75, 3.05) is 25.0 Å². The number of hydrogen-bond donors (Lipinski definition) is 1. The number of carbonyl (C=O) groups excluding carboxylic acids is 3. The van der Waals surface area contributed by atoms with Crippen LogP contribution in [0.5, 0.6) is 5.75 Å². The Balaban J connectivity index is 1.59. The van der Waals surface area contributed by atoms with Crippen LogP contribution < -0.4 is 10.1 Å². The van der Waals surface area contributed by atoms with Crippen molar-refractivity contribution in [2.45, 2.75) is 26.3 Å². The summed E-state index contributed by atoms with van der Waals surface area (Å²) in [6, 6.07) is 14.3. The smallest absolute Gasteiger partial charge is 0.296 e. The number of Topliss-reactive ketones (excluding diaryl/α,β-unsaturated/α-hetero) is 1. The van der Waals surface area contributed by atoms with Crippen molar-refractivity contribution in [2.24, 2.45) is 0 Å². The number of nitrogens with zero attached hydrogens (tertiary/aromatic N) is 2. The molecule has 4 rings (SSSR count). The third-order valence-corrected chi connectivity index (χ3v) is 5.44.